The summed E-state index contributed by atoms with van der Waals surface area (Å²) in [6.07, 6.45) is 7.59. The first-order valence-corrected chi connectivity index (χ1v) is 16.0. The average Bonchev–Trinajstić information content (AvgIpc) is 3.71. The van der Waals surface area contributed by atoms with Crippen LogP contribution in [0.4, 0.5) is 11.4 Å². The first-order valence-electron chi connectivity index (χ1n) is 16.0. The number of hydrogen-bond acceptors (Lipinski definition) is 10. The van der Waals surface area contributed by atoms with E-state index in [0.29, 0.717) is 58.0 Å². The molecule has 0 spiro atoms. The molecule has 0 bridgehead atoms. The summed E-state index contributed by atoms with van der Waals surface area (Å²) in [6.45, 7) is 9.94. The van der Waals surface area contributed by atoms with Crippen LogP contribution >= 0.6 is 0 Å². The molecule has 2 atom stereocenters. The highest BCUT2D eigenvalue weighted by Gasteiger charge is 2.34. The van der Waals surface area contributed by atoms with Crippen molar-refractivity contribution in [1.29, 1.82) is 0 Å². The molecule has 12 heteroatoms. The second-order valence-corrected chi connectivity index (χ2v) is 12.2. The van der Waals surface area contributed by atoms with Crippen molar-refractivity contribution in [3.63, 3.8) is 0 Å². The van der Waals surface area contributed by atoms with Crippen LogP contribution in [0.3, 0.4) is 0 Å². The number of methoxy groups -OCH3 is 2. The number of amides is 2. The molecule has 0 aromatic heterocycles. The van der Waals surface area contributed by atoms with Crippen LogP contribution in [0.15, 0.2) is 46.7 Å². The zero-order chi connectivity index (χ0) is 31.8. The van der Waals surface area contributed by atoms with Crippen LogP contribution in [0.5, 0.6) is 23.0 Å². The molecule has 3 saturated heterocycles. The van der Waals surface area contributed by atoms with Gasteiger partial charge in [0.15, 0.2) is 28.9 Å². The fourth-order valence-corrected chi connectivity index (χ4v) is 6.90. The van der Waals surface area contributed by atoms with Gasteiger partial charge in [0, 0.05) is 70.4 Å². The molecule has 46 heavy (non-hydrogen) atoms. The average molecular weight is 629 g/mol. The molecule has 242 valence electrons. The van der Waals surface area contributed by atoms with Gasteiger partial charge in [0.25, 0.3) is 11.8 Å². The Balaban J connectivity index is 0.938. The molecule has 5 aliphatic heterocycles. The number of benzene rings is 2. The number of aliphatic imine (C=N–C) groups is 2. The Morgan fingerprint density at radius 1 is 0.761 bits per heavy atom. The molecule has 0 radical (unpaired) electrons. The van der Waals surface area contributed by atoms with Crippen molar-refractivity contribution in [2.45, 2.75) is 37.8 Å². The summed E-state index contributed by atoms with van der Waals surface area (Å²) < 4.78 is 23.6. The number of ether oxygens (including phenoxy) is 4. The second-order valence-electron chi connectivity index (χ2n) is 12.2. The number of carbonyl (C=O) groups is 2. The molecule has 2 aromatic carbocycles. The number of fused-ring (bicyclic) bond motifs is 4. The largest absolute Gasteiger partial charge is 0.493 e. The Bertz CT molecular complexity index is 1600. The fourth-order valence-electron chi connectivity index (χ4n) is 6.90. The van der Waals surface area contributed by atoms with E-state index in [0.717, 1.165) is 71.5 Å². The van der Waals surface area contributed by atoms with Gasteiger partial charge in [-0.1, -0.05) is 0 Å². The summed E-state index contributed by atoms with van der Waals surface area (Å²) in [5.74, 6) is 2.55. The Morgan fingerprint density at radius 3 is 1.87 bits per heavy atom. The lowest BCUT2D eigenvalue weighted by molar-refractivity contribution is 0.0766. The highest BCUT2D eigenvalue weighted by atomic mass is 16.5. The monoisotopic (exact) mass is 628 g/mol. The fraction of sp³-hybridized carbons (Fsp3) is 0.471. The predicted molar refractivity (Wildman–Crippen MR) is 174 cm³/mol. The Hall–Kier alpha value is -4.58. The van der Waals surface area contributed by atoms with Crippen LogP contribution in [-0.2, 0) is 0 Å². The van der Waals surface area contributed by atoms with Crippen LogP contribution in [0.25, 0.3) is 0 Å². The molecule has 0 unspecified atom stereocenters. The number of nitrogens with zero attached hydrogens (tertiary/aromatic N) is 6. The van der Waals surface area contributed by atoms with Gasteiger partial charge in [0.05, 0.1) is 48.8 Å². The van der Waals surface area contributed by atoms with Crippen molar-refractivity contribution in [2.75, 3.05) is 66.6 Å². The lowest BCUT2D eigenvalue weighted by atomic mass is 10.1. The highest BCUT2D eigenvalue weighted by Crippen LogP contribution is 2.40. The maximum absolute atomic E-state index is 13.2. The number of carbonyl (C=O) groups excluding carboxylic acids is 2. The molecule has 5 aliphatic rings. The molecule has 0 saturated carbocycles. The normalized spacial score (nSPS) is 22.1. The minimum absolute atomic E-state index is 0.00676. The quantitative estimate of drug-likeness (QED) is 0.385. The minimum atomic E-state index is -0.0248. The van der Waals surface area contributed by atoms with E-state index >= 15 is 0 Å². The van der Waals surface area contributed by atoms with Crippen LogP contribution < -0.4 is 18.9 Å². The molecular weight excluding hydrogens is 588 g/mol. The molecule has 7 rings (SSSR count). The highest BCUT2D eigenvalue weighted by molar-refractivity contribution is 6.04. The van der Waals surface area contributed by atoms with Crippen LogP contribution in [0, 0.1) is 0 Å². The summed E-state index contributed by atoms with van der Waals surface area (Å²) in [4.78, 5) is 43.8. The Kier molecular flexibility index (Phi) is 8.29. The van der Waals surface area contributed by atoms with Crippen LogP contribution in [0.2, 0.25) is 0 Å². The number of hydrogen-bond donors (Lipinski definition) is 0. The topological polar surface area (TPSA) is 109 Å². The molecule has 0 aliphatic carbocycles. The van der Waals surface area contributed by atoms with Crippen molar-refractivity contribution < 1.29 is 28.5 Å². The van der Waals surface area contributed by atoms with Crippen molar-refractivity contribution in [1.82, 2.24) is 19.6 Å². The van der Waals surface area contributed by atoms with E-state index < -0.39 is 0 Å². The van der Waals surface area contributed by atoms with Gasteiger partial charge in [0.2, 0.25) is 0 Å². The van der Waals surface area contributed by atoms with E-state index in [1.165, 1.54) is 0 Å². The zero-order valence-corrected chi connectivity index (χ0v) is 26.4. The zero-order valence-electron chi connectivity index (χ0n) is 26.4. The summed E-state index contributed by atoms with van der Waals surface area (Å²) in [6, 6.07) is 7.15. The van der Waals surface area contributed by atoms with E-state index in [1.807, 2.05) is 28.3 Å². The maximum Gasteiger partial charge on any atom is 0.256 e. The van der Waals surface area contributed by atoms with Crippen molar-refractivity contribution in [3.05, 3.63) is 47.9 Å². The standard InChI is InChI=1S/C34H40N6O6/c1-22(46-32-19-28-26(17-30(32)44-3)34(42)40-9-5-7-24(40)21-36-28)38-12-10-37(11-13-38)14-15-45-31-18-27-25(16-29(31)43-2)33(41)39-8-4-6-23(39)20-35-27/h16-21,23-24H,1,4-15H2,2-3H3/t23-,24-/m0/s1. The molecule has 3 fully saturated rings. The Morgan fingerprint density at radius 2 is 1.30 bits per heavy atom. The molecule has 0 N–H and O–H groups in total. The third-order valence-corrected chi connectivity index (χ3v) is 9.53. The maximum atomic E-state index is 13.2. The molecule has 12 nitrogen and oxygen atoms in total. The lowest BCUT2D eigenvalue weighted by Crippen LogP contribution is -2.47. The van der Waals surface area contributed by atoms with Crippen LogP contribution in [-0.4, -0.2) is 123 Å². The van der Waals surface area contributed by atoms with Gasteiger partial charge in [-0.25, -0.2) is 0 Å². The second kappa shape index (κ2) is 12.7. The van der Waals surface area contributed by atoms with E-state index in [4.69, 9.17) is 18.9 Å². The SMILES string of the molecule is C=C(Oc1cc2c(cc1OC)C(=O)N1CCC[C@H]1C=N2)N1CCN(CCOc2cc3c(cc2OC)C(=O)N2CCC[C@H]2C=N3)CC1. The number of piperazine rings is 1. The van der Waals surface area contributed by atoms with Gasteiger partial charge in [-0.15, -0.1) is 0 Å². The van der Waals surface area contributed by atoms with E-state index in [9.17, 15) is 9.59 Å². The molecular formula is C34H40N6O6. The third kappa shape index (κ3) is 5.66. The lowest BCUT2D eigenvalue weighted by Gasteiger charge is -2.36. The van der Waals surface area contributed by atoms with Gasteiger partial charge in [-0.3, -0.25) is 24.5 Å². The smallest absolute Gasteiger partial charge is 0.256 e. The van der Waals surface area contributed by atoms with Crippen molar-refractivity contribution >= 4 is 35.6 Å². The van der Waals surface area contributed by atoms with E-state index in [2.05, 4.69) is 26.4 Å². The summed E-state index contributed by atoms with van der Waals surface area (Å²) in [7, 11) is 3.15. The molecule has 2 aromatic rings. The van der Waals surface area contributed by atoms with Crippen molar-refractivity contribution in [2.24, 2.45) is 9.98 Å². The molecule has 5 heterocycles. The van der Waals surface area contributed by atoms with Gasteiger partial charge >= 0.3 is 0 Å². The van der Waals surface area contributed by atoms with E-state index in [-0.39, 0.29) is 23.9 Å². The summed E-state index contributed by atoms with van der Waals surface area (Å²) >= 11 is 0. The minimum Gasteiger partial charge on any atom is -0.493 e. The predicted octanol–water partition coefficient (Wildman–Crippen LogP) is 3.89. The third-order valence-electron chi connectivity index (χ3n) is 9.53. The Labute approximate surface area is 268 Å². The van der Waals surface area contributed by atoms with E-state index in [1.54, 1.807) is 32.4 Å². The van der Waals surface area contributed by atoms with Gasteiger partial charge < -0.3 is 33.6 Å². The summed E-state index contributed by atoms with van der Waals surface area (Å²) in [5.41, 5.74) is 2.27. The first kappa shape index (κ1) is 30.1. The first-order chi connectivity index (χ1) is 22.4. The molecule has 2 amide bonds. The van der Waals surface area contributed by atoms with Gasteiger partial charge in [-0.05, 0) is 44.4 Å². The summed E-state index contributed by atoms with van der Waals surface area (Å²) in [5, 5.41) is 0. The van der Waals surface area contributed by atoms with Crippen LogP contribution in [0.1, 0.15) is 46.4 Å². The number of rotatable bonds is 9. The van der Waals surface area contributed by atoms with Gasteiger partial charge in [0.1, 0.15) is 6.61 Å². The van der Waals surface area contributed by atoms with Crippen molar-refractivity contribution in [3.8, 4) is 23.0 Å². The van der Waals surface area contributed by atoms with Gasteiger partial charge in [-0.2, -0.15) is 0 Å².